The van der Waals surface area contributed by atoms with Gasteiger partial charge in [0, 0.05) is 17.6 Å². The predicted octanol–water partition coefficient (Wildman–Crippen LogP) is 4.35. The molecule has 1 amide bonds. The molecular weight excluding hydrogens is 311 g/mol. The summed E-state index contributed by atoms with van der Waals surface area (Å²) in [6.07, 6.45) is 1.45. The molecule has 0 aliphatic carbocycles. The monoisotopic (exact) mass is 324 g/mol. The van der Waals surface area contributed by atoms with Crippen molar-refractivity contribution in [3.05, 3.63) is 51.8 Å². The minimum atomic E-state index is -0.340. The van der Waals surface area contributed by atoms with Crippen molar-refractivity contribution in [2.45, 2.75) is 13.8 Å². The van der Waals surface area contributed by atoms with Crippen molar-refractivity contribution in [2.75, 3.05) is 11.9 Å². The highest BCUT2D eigenvalue weighted by Gasteiger charge is 2.12. The summed E-state index contributed by atoms with van der Waals surface area (Å²) >= 11 is 12.1. The van der Waals surface area contributed by atoms with E-state index in [2.05, 4.69) is 10.3 Å². The van der Waals surface area contributed by atoms with Gasteiger partial charge in [0.1, 0.15) is 5.75 Å². The van der Waals surface area contributed by atoms with Crippen LogP contribution >= 0.6 is 23.2 Å². The van der Waals surface area contributed by atoms with Gasteiger partial charge in [0.15, 0.2) is 0 Å². The second kappa shape index (κ2) is 6.78. The first-order valence-corrected chi connectivity index (χ1v) is 7.12. The summed E-state index contributed by atoms with van der Waals surface area (Å²) in [7, 11) is 0. The van der Waals surface area contributed by atoms with E-state index in [0.717, 1.165) is 5.69 Å². The summed E-state index contributed by atoms with van der Waals surface area (Å²) < 4.78 is 5.34. The molecule has 2 aromatic rings. The number of carbonyl (C=O) groups is 1. The molecule has 0 aliphatic rings. The lowest BCUT2D eigenvalue weighted by Crippen LogP contribution is -2.13. The summed E-state index contributed by atoms with van der Waals surface area (Å²) in [4.78, 5) is 16.2. The molecule has 0 spiro atoms. The van der Waals surface area contributed by atoms with Gasteiger partial charge in [-0.2, -0.15) is 0 Å². The summed E-state index contributed by atoms with van der Waals surface area (Å²) in [6, 6.07) is 6.68. The zero-order valence-corrected chi connectivity index (χ0v) is 13.1. The lowest BCUT2D eigenvalue weighted by molar-refractivity contribution is 0.102. The Bertz CT molecular complexity index is 675. The Morgan fingerprint density at radius 1 is 1.29 bits per heavy atom. The highest BCUT2D eigenvalue weighted by atomic mass is 35.5. The molecule has 0 saturated carbocycles. The van der Waals surface area contributed by atoms with Crippen LogP contribution in [0.25, 0.3) is 0 Å². The smallest absolute Gasteiger partial charge is 0.258 e. The number of anilines is 1. The Balaban J connectivity index is 2.17. The average molecular weight is 325 g/mol. The molecule has 0 fully saturated rings. The number of nitrogens with zero attached hydrogens (tertiary/aromatic N) is 1. The van der Waals surface area contributed by atoms with Gasteiger partial charge in [-0.05, 0) is 38.1 Å². The molecule has 4 nitrogen and oxygen atoms in total. The number of carbonyl (C=O) groups excluding carboxylic acids is 1. The number of rotatable bonds is 4. The fourth-order valence-electron chi connectivity index (χ4n) is 1.74. The van der Waals surface area contributed by atoms with Crippen LogP contribution in [0, 0.1) is 6.92 Å². The van der Waals surface area contributed by atoms with Gasteiger partial charge in [-0.1, -0.05) is 23.2 Å². The summed E-state index contributed by atoms with van der Waals surface area (Å²) in [5, 5.41) is 3.52. The Morgan fingerprint density at radius 2 is 2.05 bits per heavy atom. The molecule has 1 heterocycles. The van der Waals surface area contributed by atoms with E-state index >= 15 is 0 Å². The molecule has 0 bridgehead atoms. The van der Waals surface area contributed by atoms with Crippen molar-refractivity contribution in [1.82, 2.24) is 4.98 Å². The van der Waals surface area contributed by atoms with Crippen LogP contribution in [0.15, 0.2) is 30.5 Å². The van der Waals surface area contributed by atoms with Crippen molar-refractivity contribution in [2.24, 2.45) is 0 Å². The summed E-state index contributed by atoms with van der Waals surface area (Å²) in [6.45, 7) is 4.20. The van der Waals surface area contributed by atoms with Crippen LogP contribution in [0.3, 0.4) is 0 Å². The van der Waals surface area contributed by atoms with Crippen molar-refractivity contribution < 1.29 is 9.53 Å². The highest BCUT2D eigenvalue weighted by molar-refractivity contribution is 6.34. The number of aromatic nitrogens is 1. The number of amides is 1. The molecule has 2 rings (SSSR count). The molecule has 1 N–H and O–H groups in total. The van der Waals surface area contributed by atoms with E-state index in [0.29, 0.717) is 33.7 Å². The van der Waals surface area contributed by atoms with Crippen molar-refractivity contribution in [1.29, 1.82) is 0 Å². The van der Waals surface area contributed by atoms with Crippen LogP contribution in [0.1, 0.15) is 23.0 Å². The van der Waals surface area contributed by atoms with Crippen molar-refractivity contribution in [3.8, 4) is 5.75 Å². The van der Waals surface area contributed by atoms with Crippen LogP contribution in [-0.2, 0) is 0 Å². The normalized spacial score (nSPS) is 10.3. The third kappa shape index (κ3) is 3.86. The zero-order chi connectivity index (χ0) is 15.4. The predicted molar refractivity (Wildman–Crippen MR) is 84.6 cm³/mol. The Labute approximate surface area is 133 Å². The molecule has 0 atom stereocenters. The van der Waals surface area contributed by atoms with Gasteiger partial charge in [0.05, 0.1) is 22.2 Å². The van der Waals surface area contributed by atoms with Gasteiger partial charge in [0.2, 0.25) is 0 Å². The quantitative estimate of drug-likeness (QED) is 0.909. The molecular formula is C15H14Cl2N2O2. The number of hydrogen-bond donors (Lipinski definition) is 1. The van der Waals surface area contributed by atoms with E-state index in [1.807, 2.05) is 6.92 Å². The number of nitrogens with one attached hydrogen (secondary N) is 1. The molecule has 0 aliphatic heterocycles. The minimum absolute atomic E-state index is 0.312. The zero-order valence-electron chi connectivity index (χ0n) is 11.6. The van der Waals surface area contributed by atoms with Crippen LogP contribution < -0.4 is 10.1 Å². The minimum Gasteiger partial charge on any atom is -0.492 e. The van der Waals surface area contributed by atoms with Gasteiger partial charge < -0.3 is 10.1 Å². The fraction of sp³-hybridized carbons (Fsp3) is 0.200. The second-order valence-electron chi connectivity index (χ2n) is 4.34. The third-order valence-corrected chi connectivity index (χ3v) is 3.33. The van der Waals surface area contributed by atoms with E-state index in [4.69, 9.17) is 27.9 Å². The first-order chi connectivity index (χ1) is 10.0. The van der Waals surface area contributed by atoms with Gasteiger partial charge in [0.25, 0.3) is 5.91 Å². The van der Waals surface area contributed by atoms with E-state index in [1.54, 1.807) is 31.2 Å². The standard InChI is InChI=1S/C15H14Cl2N2O2/c1-3-21-14-5-4-10(7-13(14)17)19-15(20)11-8-18-9(2)6-12(11)16/h4-8H,3H2,1-2H3,(H,19,20). The molecule has 0 saturated heterocycles. The number of benzene rings is 1. The SMILES string of the molecule is CCOc1ccc(NC(=O)c2cnc(C)cc2Cl)cc1Cl. The van der Waals surface area contributed by atoms with Crippen LogP contribution in [0.2, 0.25) is 10.0 Å². The van der Waals surface area contributed by atoms with Gasteiger partial charge in [-0.25, -0.2) is 0 Å². The molecule has 110 valence electrons. The summed E-state index contributed by atoms with van der Waals surface area (Å²) in [5.74, 6) is 0.236. The Kier molecular flexibility index (Phi) is 5.04. The average Bonchev–Trinajstić information content (AvgIpc) is 2.41. The first kappa shape index (κ1) is 15.6. The molecule has 6 heteroatoms. The lowest BCUT2D eigenvalue weighted by atomic mass is 10.2. The Morgan fingerprint density at radius 3 is 2.67 bits per heavy atom. The summed E-state index contributed by atoms with van der Waals surface area (Å²) in [5.41, 5.74) is 1.62. The van der Waals surface area contributed by atoms with E-state index in [9.17, 15) is 4.79 Å². The van der Waals surface area contributed by atoms with Crippen molar-refractivity contribution >= 4 is 34.8 Å². The molecule has 1 aromatic heterocycles. The van der Waals surface area contributed by atoms with Gasteiger partial charge >= 0.3 is 0 Å². The van der Waals surface area contributed by atoms with Gasteiger partial charge in [-0.15, -0.1) is 0 Å². The first-order valence-electron chi connectivity index (χ1n) is 6.37. The van der Waals surface area contributed by atoms with Crippen LogP contribution in [0.4, 0.5) is 5.69 Å². The maximum Gasteiger partial charge on any atom is 0.258 e. The van der Waals surface area contributed by atoms with Crippen LogP contribution in [-0.4, -0.2) is 17.5 Å². The third-order valence-electron chi connectivity index (χ3n) is 2.72. The topological polar surface area (TPSA) is 51.2 Å². The maximum atomic E-state index is 12.2. The van der Waals surface area contributed by atoms with E-state index in [1.165, 1.54) is 6.20 Å². The van der Waals surface area contributed by atoms with E-state index in [-0.39, 0.29) is 5.91 Å². The van der Waals surface area contributed by atoms with Gasteiger partial charge in [-0.3, -0.25) is 9.78 Å². The highest BCUT2D eigenvalue weighted by Crippen LogP contribution is 2.28. The molecule has 0 unspecified atom stereocenters. The second-order valence-corrected chi connectivity index (χ2v) is 5.15. The maximum absolute atomic E-state index is 12.2. The van der Waals surface area contributed by atoms with Crippen molar-refractivity contribution in [3.63, 3.8) is 0 Å². The lowest BCUT2D eigenvalue weighted by Gasteiger charge is -2.10. The Hall–Kier alpha value is -1.78. The molecule has 21 heavy (non-hydrogen) atoms. The number of halogens is 2. The molecule has 1 aromatic carbocycles. The largest absolute Gasteiger partial charge is 0.492 e. The molecule has 0 radical (unpaired) electrons. The number of pyridine rings is 1. The number of hydrogen-bond acceptors (Lipinski definition) is 3. The van der Waals surface area contributed by atoms with E-state index < -0.39 is 0 Å². The van der Waals surface area contributed by atoms with Crippen LogP contribution in [0.5, 0.6) is 5.75 Å². The number of aryl methyl sites for hydroxylation is 1. The fourth-order valence-corrected chi connectivity index (χ4v) is 2.27. The number of ether oxygens (including phenoxy) is 1.